The largest absolute Gasteiger partial charge is 0.512 e. The summed E-state index contributed by atoms with van der Waals surface area (Å²) in [6.07, 6.45) is 3.26. The summed E-state index contributed by atoms with van der Waals surface area (Å²) in [6, 6.07) is 0. The number of hydrogen-bond donors (Lipinski definition) is 2. The highest BCUT2D eigenvalue weighted by Gasteiger charge is 2.13. The lowest BCUT2D eigenvalue weighted by Crippen LogP contribution is -2.06. The summed E-state index contributed by atoms with van der Waals surface area (Å²) in [6.45, 7) is 0. The number of aliphatic hydroxyl groups excluding tert-OH is 2. The Morgan fingerprint density at radius 3 is 2.67 bits per heavy atom. The van der Waals surface area contributed by atoms with E-state index in [-0.39, 0.29) is 12.2 Å². The average Bonchev–Trinajstić information content (AvgIpc) is 1.80. The average molecular weight is 125 g/mol. The Kier molecular flexibility index (Phi) is 1.26. The first-order chi connectivity index (χ1) is 4.20. The first-order valence-electron chi connectivity index (χ1n) is 2.44. The number of carbonyl (C=O) groups excluding carboxylic acids is 1. The zero-order chi connectivity index (χ0) is 6.85. The van der Waals surface area contributed by atoms with Crippen molar-refractivity contribution in [2.45, 2.75) is 6.42 Å². The quantitative estimate of drug-likeness (QED) is 0.499. The topological polar surface area (TPSA) is 57.5 Å². The van der Waals surface area contributed by atoms with Crippen LogP contribution in [0.25, 0.3) is 0 Å². The van der Waals surface area contributed by atoms with E-state index in [1.165, 1.54) is 6.08 Å². The molecule has 0 fully saturated rings. The number of carbonyl (C=O) groups is 1. The smallest absolute Gasteiger partial charge is 0.205 e. The van der Waals surface area contributed by atoms with Crippen molar-refractivity contribution >= 4 is 5.78 Å². The molecule has 3 heteroatoms. The molecule has 0 aromatic heterocycles. The molecule has 1 aliphatic carbocycles. The molecule has 1 aliphatic rings. The number of Topliss-reactive ketones (excluding diaryl/α,β-unsaturated/α-hetero) is 1. The minimum absolute atomic E-state index is 0.0576. The minimum Gasteiger partial charge on any atom is -0.512 e. The maximum Gasteiger partial charge on any atom is 0.205 e. The van der Waals surface area contributed by atoms with E-state index < -0.39 is 11.5 Å². The molecule has 1 radical (unpaired) electrons. The second-order valence-corrected chi connectivity index (χ2v) is 1.73. The highest BCUT2D eigenvalue weighted by molar-refractivity contribution is 5.95. The van der Waals surface area contributed by atoms with Gasteiger partial charge in [-0.25, -0.2) is 0 Å². The van der Waals surface area contributed by atoms with E-state index in [4.69, 9.17) is 10.2 Å². The molecule has 0 spiro atoms. The van der Waals surface area contributed by atoms with Crippen molar-refractivity contribution in [2.24, 2.45) is 0 Å². The zero-order valence-electron chi connectivity index (χ0n) is 4.59. The van der Waals surface area contributed by atoms with E-state index in [1.807, 2.05) is 0 Å². The van der Waals surface area contributed by atoms with Gasteiger partial charge in [0.1, 0.15) is 5.76 Å². The lowest BCUT2D eigenvalue weighted by Gasteiger charge is -2.01. The number of ketones is 1. The molecule has 0 aromatic rings. The summed E-state index contributed by atoms with van der Waals surface area (Å²) in [5, 5.41) is 17.2. The van der Waals surface area contributed by atoms with Gasteiger partial charge in [-0.1, -0.05) is 0 Å². The van der Waals surface area contributed by atoms with Crippen LogP contribution >= 0.6 is 0 Å². The first kappa shape index (κ1) is 5.88. The third kappa shape index (κ3) is 1.10. The predicted octanol–water partition coefficient (Wildman–Crippen LogP) is 0.646. The third-order valence-corrected chi connectivity index (χ3v) is 0.981. The van der Waals surface area contributed by atoms with Gasteiger partial charge >= 0.3 is 0 Å². The first-order valence-corrected chi connectivity index (χ1v) is 2.44. The number of hydrogen-bond acceptors (Lipinski definition) is 3. The Morgan fingerprint density at radius 1 is 1.56 bits per heavy atom. The van der Waals surface area contributed by atoms with Crippen molar-refractivity contribution in [1.29, 1.82) is 0 Å². The maximum atomic E-state index is 10.5. The Balaban J connectivity index is 2.86. The van der Waals surface area contributed by atoms with Crippen molar-refractivity contribution in [2.75, 3.05) is 0 Å². The third-order valence-electron chi connectivity index (χ3n) is 0.981. The van der Waals surface area contributed by atoms with Crippen LogP contribution in [0.3, 0.4) is 0 Å². The highest BCUT2D eigenvalue weighted by Crippen LogP contribution is 2.08. The lowest BCUT2D eigenvalue weighted by molar-refractivity contribution is -0.118. The summed E-state index contributed by atoms with van der Waals surface area (Å²) in [5.74, 6) is -0.958. The van der Waals surface area contributed by atoms with E-state index in [0.717, 1.165) is 0 Å². The SMILES string of the molecule is O=C1CC(O)=C[C]=C1O. The monoisotopic (exact) mass is 125 g/mol. The maximum absolute atomic E-state index is 10.5. The zero-order valence-corrected chi connectivity index (χ0v) is 4.59. The molecule has 2 N–H and O–H groups in total. The summed E-state index contributed by atoms with van der Waals surface area (Å²) in [4.78, 5) is 10.5. The van der Waals surface area contributed by atoms with E-state index in [1.54, 1.807) is 0 Å². The molecule has 0 aromatic carbocycles. The van der Waals surface area contributed by atoms with E-state index in [2.05, 4.69) is 6.08 Å². The fraction of sp³-hybridized carbons (Fsp3) is 0.167. The van der Waals surface area contributed by atoms with Crippen LogP contribution in [0.5, 0.6) is 0 Å². The van der Waals surface area contributed by atoms with Crippen LogP contribution in [-0.2, 0) is 4.79 Å². The molecule has 47 valence electrons. The van der Waals surface area contributed by atoms with Crippen LogP contribution < -0.4 is 0 Å². The van der Waals surface area contributed by atoms with Gasteiger partial charge in [-0.05, 0) is 6.08 Å². The molecular formula is C6H5O3. The molecule has 0 atom stereocenters. The molecular weight excluding hydrogens is 120 g/mol. The molecule has 0 aliphatic heterocycles. The van der Waals surface area contributed by atoms with Gasteiger partial charge in [-0.15, -0.1) is 0 Å². The fourth-order valence-electron chi connectivity index (χ4n) is 0.531. The van der Waals surface area contributed by atoms with Crippen LogP contribution in [0.4, 0.5) is 0 Å². The van der Waals surface area contributed by atoms with Gasteiger partial charge < -0.3 is 10.2 Å². The van der Waals surface area contributed by atoms with Gasteiger partial charge in [0.05, 0.1) is 6.42 Å². The van der Waals surface area contributed by atoms with E-state index in [0.29, 0.717) is 0 Å². The molecule has 3 nitrogen and oxygen atoms in total. The highest BCUT2D eigenvalue weighted by atomic mass is 16.3. The molecule has 0 bridgehead atoms. The van der Waals surface area contributed by atoms with Crippen molar-refractivity contribution in [1.82, 2.24) is 0 Å². The minimum atomic E-state index is -0.491. The van der Waals surface area contributed by atoms with Crippen LogP contribution in [0, 0.1) is 6.08 Å². The normalized spacial score (nSPS) is 18.9. The molecule has 9 heavy (non-hydrogen) atoms. The van der Waals surface area contributed by atoms with Crippen molar-refractivity contribution in [3.05, 3.63) is 23.7 Å². The van der Waals surface area contributed by atoms with Crippen LogP contribution in [0.2, 0.25) is 0 Å². The van der Waals surface area contributed by atoms with Gasteiger partial charge in [0, 0.05) is 6.08 Å². The predicted molar refractivity (Wildman–Crippen MR) is 29.7 cm³/mol. The summed E-state index contributed by atoms with van der Waals surface area (Å²) in [5.41, 5.74) is 0. The fourth-order valence-corrected chi connectivity index (χ4v) is 0.531. The standard InChI is InChI=1S/C6H5O3/c7-4-1-2-5(8)6(9)3-4/h1,7-8H,3H2. The van der Waals surface area contributed by atoms with Gasteiger partial charge in [-0.3, -0.25) is 4.79 Å². The van der Waals surface area contributed by atoms with Crippen molar-refractivity contribution < 1.29 is 15.0 Å². The Labute approximate surface area is 51.9 Å². The summed E-state index contributed by atoms with van der Waals surface area (Å²) < 4.78 is 0. The van der Waals surface area contributed by atoms with E-state index >= 15 is 0 Å². The number of rotatable bonds is 0. The molecule has 1 rings (SSSR count). The number of allylic oxidation sites excluding steroid dienone is 4. The van der Waals surface area contributed by atoms with Crippen molar-refractivity contribution in [3.8, 4) is 0 Å². The Morgan fingerprint density at radius 2 is 2.22 bits per heavy atom. The van der Waals surface area contributed by atoms with Crippen LogP contribution in [-0.4, -0.2) is 16.0 Å². The summed E-state index contributed by atoms with van der Waals surface area (Å²) in [7, 11) is 0. The Hall–Kier alpha value is -1.25. The second kappa shape index (κ2) is 1.93. The van der Waals surface area contributed by atoms with Gasteiger partial charge in [-0.2, -0.15) is 0 Å². The number of aliphatic hydroxyl groups is 2. The van der Waals surface area contributed by atoms with Gasteiger partial charge in [0.25, 0.3) is 0 Å². The second-order valence-electron chi connectivity index (χ2n) is 1.73. The van der Waals surface area contributed by atoms with Gasteiger partial charge in [0.15, 0.2) is 5.76 Å². The molecule has 0 heterocycles. The van der Waals surface area contributed by atoms with Crippen LogP contribution in [0.1, 0.15) is 6.42 Å². The molecule has 0 unspecified atom stereocenters. The lowest BCUT2D eigenvalue weighted by atomic mass is 10.1. The van der Waals surface area contributed by atoms with Crippen molar-refractivity contribution in [3.63, 3.8) is 0 Å². The van der Waals surface area contributed by atoms with E-state index in [9.17, 15) is 4.79 Å². The molecule has 0 saturated carbocycles. The van der Waals surface area contributed by atoms with Crippen LogP contribution in [0.15, 0.2) is 17.6 Å². The Bertz CT molecular complexity index is 200. The molecule has 0 amide bonds. The summed E-state index contributed by atoms with van der Waals surface area (Å²) >= 11 is 0. The van der Waals surface area contributed by atoms with Gasteiger partial charge in [0.2, 0.25) is 5.78 Å². The molecule has 0 saturated heterocycles.